The molecule has 0 bridgehead atoms. The quantitative estimate of drug-likeness (QED) is 0.699. The molecule has 1 fully saturated rings. The fourth-order valence-electron chi connectivity index (χ4n) is 3.34. The lowest BCUT2D eigenvalue weighted by Crippen LogP contribution is -2.33. The fourth-order valence-corrected chi connectivity index (χ4v) is 4.06. The third kappa shape index (κ3) is 3.74. The molecule has 1 aliphatic rings. The van der Waals surface area contributed by atoms with E-state index in [1.807, 2.05) is 32.9 Å². The van der Waals surface area contributed by atoms with Crippen LogP contribution in [-0.2, 0) is 17.8 Å². The zero-order valence-electron chi connectivity index (χ0n) is 14.0. The number of nitrogens with one attached hydrogen (secondary N) is 2. The Hall–Kier alpha value is -2.19. The fraction of sp³-hybridized carbons (Fsp3) is 0.471. The number of carbonyl (C=O) groups is 1. The van der Waals surface area contributed by atoms with Gasteiger partial charge < -0.3 is 10.6 Å². The topological polar surface area (TPSA) is 76.2 Å². The first-order valence-electron chi connectivity index (χ1n) is 8.70. The molecule has 1 aliphatic heterocycles. The molecule has 2 N–H and O–H groups in total. The summed E-state index contributed by atoms with van der Waals surface area (Å²) in [5.41, 5.74) is 2.15. The average Bonchev–Trinajstić information content (AvgIpc) is 3.32. The van der Waals surface area contributed by atoms with Crippen molar-refractivity contribution in [2.45, 2.75) is 31.7 Å². The van der Waals surface area contributed by atoms with Gasteiger partial charge in [0.25, 0.3) is 0 Å². The first-order chi connectivity index (χ1) is 12.3. The molecule has 7 nitrogen and oxygen atoms in total. The number of piperidine rings is 1. The van der Waals surface area contributed by atoms with Crippen molar-refractivity contribution >= 4 is 22.2 Å². The normalized spacial score (nSPS) is 17.8. The summed E-state index contributed by atoms with van der Waals surface area (Å²) in [6, 6.07) is 2.03. The van der Waals surface area contributed by atoms with Crippen molar-refractivity contribution < 1.29 is 4.79 Å². The third-order valence-corrected chi connectivity index (χ3v) is 5.38. The number of carbonyl (C=O) groups excluding carboxylic acids is 1. The van der Waals surface area contributed by atoms with Crippen LogP contribution in [0.2, 0.25) is 0 Å². The van der Waals surface area contributed by atoms with E-state index in [2.05, 4.69) is 20.7 Å². The lowest BCUT2D eigenvalue weighted by Gasteiger charge is -2.23. The van der Waals surface area contributed by atoms with Crippen LogP contribution in [-0.4, -0.2) is 44.7 Å². The van der Waals surface area contributed by atoms with Gasteiger partial charge in [-0.15, -0.1) is 11.3 Å². The van der Waals surface area contributed by atoms with Crippen LogP contribution < -0.4 is 10.6 Å². The Labute approximate surface area is 150 Å². The molecule has 1 atom stereocenters. The van der Waals surface area contributed by atoms with Crippen LogP contribution in [0.3, 0.4) is 0 Å². The zero-order chi connectivity index (χ0) is 17.1. The molecule has 0 saturated carbocycles. The Morgan fingerprint density at radius 3 is 3.28 bits per heavy atom. The van der Waals surface area contributed by atoms with Gasteiger partial charge in [-0.05, 0) is 25.5 Å². The SMILES string of the molecule is O=C(Cn1nccc1C1CCCNC1)NCCc1cn2ccsc2n1. The Kier molecular flexibility index (Phi) is 4.80. The molecule has 3 aromatic rings. The third-order valence-electron chi connectivity index (χ3n) is 4.60. The first kappa shape index (κ1) is 16.3. The maximum absolute atomic E-state index is 12.2. The number of nitrogens with zero attached hydrogens (tertiary/aromatic N) is 4. The van der Waals surface area contributed by atoms with Crippen molar-refractivity contribution in [1.29, 1.82) is 0 Å². The van der Waals surface area contributed by atoms with E-state index in [1.165, 1.54) is 6.42 Å². The number of imidazole rings is 1. The van der Waals surface area contributed by atoms with Crippen molar-refractivity contribution in [3.63, 3.8) is 0 Å². The predicted molar refractivity (Wildman–Crippen MR) is 96.9 cm³/mol. The molecular weight excluding hydrogens is 336 g/mol. The number of aromatic nitrogens is 4. The van der Waals surface area contributed by atoms with E-state index in [9.17, 15) is 4.79 Å². The lowest BCUT2D eigenvalue weighted by molar-refractivity contribution is -0.121. The molecule has 3 aromatic heterocycles. The van der Waals surface area contributed by atoms with Crippen LogP contribution in [0, 0.1) is 0 Å². The van der Waals surface area contributed by atoms with E-state index in [0.717, 1.165) is 42.3 Å². The summed E-state index contributed by atoms with van der Waals surface area (Å²) in [5, 5.41) is 12.7. The van der Waals surface area contributed by atoms with Gasteiger partial charge in [-0.3, -0.25) is 13.9 Å². The van der Waals surface area contributed by atoms with Gasteiger partial charge in [0.2, 0.25) is 5.91 Å². The second-order valence-electron chi connectivity index (χ2n) is 6.38. The molecule has 8 heteroatoms. The van der Waals surface area contributed by atoms with Gasteiger partial charge in [0.1, 0.15) is 6.54 Å². The van der Waals surface area contributed by atoms with Gasteiger partial charge in [-0.2, -0.15) is 5.10 Å². The molecule has 0 radical (unpaired) electrons. The molecule has 1 saturated heterocycles. The molecule has 1 unspecified atom stereocenters. The molecule has 1 amide bonds. The summed E-state index contributed by atoms with van der Waals surface area (Å²) < 4.78 is 3.84. The van der Waals surface area contributed by atoms with Crippen LogP contribution in [0.1, 0.15) is 30.1 Å². The number of fused-ring (bicyclic) bond motifs is 1. The number of hydrogen-bond acceptors (Lipinski definition) is 5. The van der Waals surface area contributed by atoms with E-state index in [-0.39, 0.29) is 12.5 Å². The number of hydrogen-bond donors (Lipinski definition) is 2. The van der Waals surface area contributed by atoms with Crippen LogP contribution in [0.5, 0.6) is 0 Å². The standard InChI is InChI=1S/C17H22N6OS/c24-16(19-6-3-14-11-22-8-9-25-17(22)21-14)12-23-15(4-7-20-23)13-2-1-5-18-10-13/h4,7-9,11,13,18H,1-3,5-6,10,12H2,(H,19,24). The largest absolute Gasteiger partial charge is 0.354 e. The summed E-state index contributed by atoms with van der Waals surface area (Å²) in [6.07, 6.45) is 8.85. The Morgan fingerprint density at radius 1 is 1.48 bits per heavy atom. The van der Waals surface area contributed by atoms with E-state index in [1.54, 1.807) is 17.5 Å². The lowest BCUT2D eigenvalue weighted by atomic mass is 9.96. The Balaban J connectivity index is 1.29. The Bertz CT molecular complexity index is 816. The van der Waals surface area contributed by atoms with Crippen LogP contribution in [0.4, 0.5) is 0 Å². The van der Waals surface area contributed by atoms with E-state index >= 15 is 0 Å². The van der Waals surface area contributed by atoms with Crippen LogP contribution in [0.25, 0.3) is 4.96 Å². The van der Waals surface area contributed by atoms with Gasteiger partial charge in [0, 0.05) is 55.1 Å². The van der Waals surface area contributed by atoms with E-state index < -0.39 is 0 Å². The van der Waals surface area contributed by atoms with Crippen molar-refractivity contribution in [3.05, 3.63) is 41.4 Å². The second-order valence-corrected chi connectivity index (χ2v) is 7.26. The summed E-state index contributed by atoms with van der Waals surface area (Å²) >= 11 is 1.61. The molecule has 0 aliphatic carbocycles. The van der Waals surface area contributed by atoms with Gasteiger partial charge in [0.15, 0.2) is 4.96 Å². The summed E-state index contributed by atoms with van der Waals surface area (Å²) in [4.78, 5) is 17.8. The van der Waals surface area contributed by atoms with Gasteiger partial charge in [0.05, 0.1) is 5.69 Å². The predicted octanol–water partition coefficient (Wildman–Crippen LogP) is 1.42. The molecule has 0 aromatic carbocycles. The average molecular weight is 358 g/mol. The van der Waals surface area contributed by atoms with Crippen LogP contribution >= 0.6 is 11.3 Å². The highest BCUT2D eigenvalue weighted by molar-refractivity contribution is 7.15. The summed E-state index contributed by atoms with van der Waals surface area (Å²) in [5.74, 6) is 0.442. The van der Waals surface area contributed by atoms with Gasteiger partial charge in [-0.25, -0.2) is 4.98 Å². The molecule has 4 heterocycles. The Morgan fingerprint density at radius 2 is 2.44 bits per heavy atom. The molecule has 0 spiro atoms. The maximum Gasteiger partial charge on any atom is 0.241 e. The van der Waals surface area contributed by atoms with Gasteiger partial charge >= 0.3 is 0 Å². The van der Waals surface area contributed by atoms with Crippen molar-refractivity contribution in [2.24, 2.45) is 0 Å². The minimum absolute atomic E-state index is 0.00487. The monoisotopic (exact) mass is 358 g/mol. The van der Waals surface area contributed by atoms with Crippen molar-refractivity contribution in [3.8, 4) is 0 Å². The number of thiazole rings is 1. The first-order valence-corrected chi connectivity index (χ1v) is 9.58. The van der Waals surface area contributed by atoms with Gasteiger partial charge in [-0.1, -0.05) is 0 Å². The van der Waals surface area contributed by atoms with E-state index in [4.69, 9.17) is 0 Å². The molecule has 132 valence electrons. The van der Waals surface area contributed by atoms with E-state index in [0.29, 0.717) is 12.5 Å². The highest BCUT2D eigenvalue weighted by atomic mass is 32.1. The molecule has 4 rings (SSSR count). The van der Waals surface area contributed by atoms with Crippen LogP contribution in [0.15, 0.2) is 30.0 Å². The smallest absolute Gasteiger partial charge is 0.241 e. The highest BCUT2D eigenvalue weighted by Crippen LogP contribution is 2.22. The second kappa shape index (κ2) is 7.37. The maximum atomic E-state index is 12.2. The minimum Gasteiger partial charge on any atom is -0.354 e. The number of amides is 1. The highest BCUT2D eigenvalue weighted by Gasteiger charge is 2.19. The van der Waals surface area contributed by atoms with Crippen molar-refractivity contribution in [2.75, 3.05) is 19.6 Å². The summed E-state index contributed by atoms with van der Waals surface area (Å²) in [6.45, 7) is 2.91. The molecular formula is C17H22N6OS. The summed E-state index contributed by atoms with van der Waals surface area (Å²) in [7, 11) is 0. The van der Waals surface area contributed by atoms with Crippen molar-refractivity contribution in [1.82, 2.24) is 29.8 Å². The zero-order valence-corrected chi connectivity index (χ0v) is 14.8. The molecule has 25 heavy (non-hydrogen) atoms. The number of rotatable bonds is 6. The minimum atomic E-state index is -0.00487.